The zero-order valence-corrected chi connectivity index (χ0v) is 11.0. The molecule has 0 atom stereocenters. The third kappa shape index (κ3) is 3.24. The van der Waals surface area contributed by atoms with Gasteiger partial charge in [0.1, 0.15) is 0 Å². The van der Waals surface area contributed by atoms with Crippen LogP contribution < -0.4 is 11.1 Å². The molecular formula is C13H15ClN2O3. The number of carboxylic acids is 1. The number of aromatic carboxylic acids is 1. The summed E-state index contributed by atoms with van der Waals surface area (Å²) in [6.45, 7) is 0. The molecule has 102 valence electrons. The number of carbonyl (C=O) groups excluding carboxylic acids is 1. The number of nitrogens with one attached hydrogen (secondary N) is 1. The molecule has 0 spiro atoms. The fourth-order valence-corrected chi connectivity index (χ4v) is 2.36. The number of hydrogen-bond acceptors (Lipinski definition) is 3. The second-order valence-electron chi connectivity index (χ2n) is 4.94. The number of halogens is 1. The van der Waals surface area contributed by atoms with Crippen molar-refractivity contribution in [1.29, 1.82) is 0 Å². The number of amides is 1. The molecule has 19 heavy (non-hydrogen) atoms. The van der Waals surface area contributed by atoms with Gasteiger partial charge in [0.2, 0.25) is 5.91 Å². The summed E-state index contributed by atoms with van der Waals surface area (Å²) >= 11 is 5.82. The van der Waals surface area contributed by atoms with Gasteiger partial charge in [0.05, 0.1) is 10.6 Å². The molecule has 0 aromatic heterocycles. The van der Waals surface area contributed by atoms with E-state index in [1.165, 1.54) is 18.2 Å². The minimum Gasteiger partial charge on any atom is -0.478 e. The lowest BCUT2D eigenvalue weighted by Gasteiger charge is -2.37. The third-order valence-electron chi connectivity index (χ3n) is 3.35. The first-order chi connectivity index (χ1) is 8.89. The number of carboxylic acid groups (broad SMARTS) is 1. The van der Waals surface area contributed by atoms with Crippen LogP contribution in [0.2, 0.25) is 5.02 Å². The predicted octanol–water partition coefficient (Wildman–Crippen LogP) is 2.25. The summed E-state index contributed by atoms with van der Waals surface area (Å²) in [6.07, 6.45) is 3.05. The maximum absolute atomic E-state index is 11.8. The zero-order valence-electron chi connectivity index (χ0n) is 10.3. The molecule has 1 aliphatic rings. The summed E-state index contributed by atoms with van der Waals surface area (Å²) in [4.78, 5) is 22.6. The van der Waals surface area contributed by atoms with Gasteiger partial charge in [0, 0.05) is 17.6 Å². The molecule has 1 aliphatic carbocycles. The van der Waals surface area contributed by atoms with Crippen molar-refractivity contribution in [2.75, 3.05) is 5.32 Å². The average molecular weight is 283 g/mol. The van der Waals surface area contributed by atoms with Crippen LogP contribution in [0.4, 0.5) is 5.69 Å². The maximum atomic E-state index is 11.8. The van der Waals surface area contributed by atoms with Gasteiger partial charge in [0.25, 0.3) is 0 Å². The van der Waals surface area contributed by atoms with Crippen LogP contribution in [0.5, 0.6) is 0 Å². The minimum atomic E-state index is -1.10. The lowest BCUT2D eigenvalue weighted by atomic mass is 9.75. The van der Waals surface area contributed by atoms with Crippen LogP contribution in [0, 0.1) is 0 Å². The average Bonchev–Trinajstić information content (AvgIpc) is 2.26. The van der Waals surface area contributed by atoms with Crippen molar-refractivity contribution in [3.05, 3.63) is 28.8 Å². The number of carbonyl (C=O) groups is 2. The van der Waals surface area contributed by atoms with E-state index in [0.717, 1.165) is 19.3 Å². The fraction of sp³-hybridized carbons (Fsp3) is 0.385. The van der Waals surface area contributed by atoms with Crippen molar-refractivity contribution in [3.8, 4) is 0 Å². The molecule has 6 heteroatoms. The van der Waals surface area contributed by atoms with Crippen LogP contribution in [0.15, 0.2) is 18.2 Å². The van der Waals surface area contributed by atoms with Crippen LogP contribution >= 0.6 is 11.6 Å². The molecule has 0 radical (unpaired) electrons. The van der Waals surface area contributed by atoms with Gasteiger partial charge in [-0.2, -0.15) is 0 Å². The van der Waals surface area contributed by atoms with Crippen molar-refractivity contribution in [2.24, 2.45) is 5.73 Å². The van der Waals surface area contributed by atoms with Gasteiger partial charge < -0.3 is 16.2 Å². The lowest BCUT2D eigenvalue weighted by Crippen LogP contribution is -2.48. The molecule has 2 rings (SSSR count). The highest BCUT2D eigenvalue weighted by Crippen LogP contribution is 2.32. The van der Waals surface area contributed by atoms with Gasteiger partial charge in [-0.25, -0.2) is 4.79 Å². The molecule has 0 bridgehead atoms. The Morgan fingerprint density at radius 2 is 2.11 bits per heavy atom. The Morgan fingerprint density at radius 3 is 2.58 bits per heavy atom. The fourth-order valence-electron chi connectivity index (χ4n) is 2.10. The van der Waals surface area contributed by atoms with Gasteiger partial charge in [-0.3, -0.25) is 4.79 Å². The van der Waals surface area contributed by atoms with E-state index in [-0.39, 0.29) is 28.5 Å². The first kappa shape index (κ1) is 13.8. The highest BCUT2D eigenvalue weighted by Gasteiger charge is 2.34. The predicted molar refractivity (Wildman–Crippen MR) is 72.4 cm³/mol. The Morgan fingerprint density at radius 1 is 1.42 bits per heavy atom. The molecule has 5 nitrogen and oxygen atoms in total. The first-order valence-electron chi connectivity index (χ1n) is 6.01. The SMILES string of the molecule is NC1(CC(=O)Nc2ccc(C(=O)O)c(Cl)c2)CCC1. The summed E-state index contributed by atoms with van der Waals surface area (Å²) in [5.74, 6) is -1.28. The number of hydrogen-bond donors (Lipinski definition) is 3. The van der Waals surface area contributed by atoms with Crippen molar-refractivity contribution in [3.63, 3.8) is 0 Å². The molecule has 1 amide bonds. The smallest absolute Gasteiger partial charge is 0.337 e. The standard InChI is InChI=1S/C13H15ClN2O3/c14-10-6-8(2-3-9(10)12(18)19)16-11(17)7-13(15)4-1-5-13/h2-3,6H,1,4-5,7,15H2,(H,16,17)(H,18,19). The van der Waals surface area contributed by atoms with Crippen LogP contribution in [0.25, 0.3) is 0 Å². The van der Waals surface area contributed by atoms with Gasteiger partial charge in [0.15, 0.2) is 0 Å². The van der Waals surface area contributed by atoms with Crippen LogP contribution in [0.3, 0.4) is 0 Å². The Hall–Kier alpha value is -1.59. The van der Waals surface area contributed by atoms with E-state index < -0.39 is 5.97 Å². The van der Waals surface area contributed by atoms with E-state index in [0.29, 0.717) is 5.69 Å². The topological polar surface area (TPSA) is 92.4 Å². The second kappa shape index (κ2) is 5.19. The third-order valence-corrected chi connectivity index (χ3v) is 3.66. The molecule has 1 fully saturated rings. The van der Waals surface area contributed by atoms with Crippen molar-refractivity contribution >= 4 is 29.2 Å². The Kier molecular flexibility index (Phi) is 3.78. The lowest BCUT2D eigenvalue weighted by molar-refractivity contribution is -0.118. The van der Waals surface area contributed by atoms with Gasteiger partial charge in [-0.15, -0.1) is 0 Å². The second-order valence-corrected chi connectivity index (χ2v) is 5.35. The molecule has 1 saturated carbocycles. The van der Waals surface area contributed by atoms with Crippen LogP contribution in [-0.4, -0.2) is 22.5 Å². The minimum absolute atomic E-state index is 0.00829. The number of nitrogens with two attached hydrogens (primary N) is 1. The van der Waals surface area contributed by atoms with E-state index in [4.69, 9.17) is 22.4 Å². The van der Waals surface area contributed by atoms with E-state index in [9.17, 15) is 9.59 Å². The van der Waals surface area contributed by atoms with Gasteiger partial charge >= 0.3 is 5.97 Å². The molecule has 0 heterocycles. The molecule has 0 saturated heterocycles. The highest BCUT2D eigenvalue weighted by atomic mass is 35.5. The molecule has 4 N–H and O–H groups in total. The largest absolute Gasteiger partial charge is 0.478 e. The highest BCUT2D eigenvalue weighted by molar-refractivity contribution is 6.33. The number of rotatable bonds is 4. The van der Waals surface area contributed by atoms with Gasteiger partial charge in [-0.1, -0.05) is 11.6 Å². The van der Waals surface area contributed by atoms with Crippen LogP contribution in [0.1, 0.15) is 36.0 Å². The monoisotopic (exact) mass is 282 g/mol. The van der Waals surface area contributed by atoms with E-state index in [1.807, 2.05) is 0 Å². The Bertz CT molecular complexity index is 527. The van der Waals surface area contributed by atoms with Gasteiger partial charge in [-0.05, 0) is 37.5 Å². The summed E-state index contributed by atoms with van der Waals surface area (Å²) < 4.78 is 0. The van der Waals surface area contributed by atoms with Crippen molar-refractivity contribution < 1.29 is 14.7 Å². The molecular weight excluding hydrogens is 268 g/mol. The van der Waals surface area contributed by atoms with E-state index in [1.54, 1.807) is 0 Å². The van der Waals surface area contributed by atoms with E-state index in [2.05, 4.69) is 5.32 Å². The summed E-state index contributed by atoms with van der Waals surface area (Å²) in [7, 11) is 0. The Labute approximate surface area is 115 Å². The summed E-state index contributed by atoms with van der Waals surface area (Å²) in [5, 5.41) is 11.6. The summed E-state index contributed by atoms with van der Waals surface area (Å²) in [5.41, 5.74) is 6.09. The maximum Gasteiger partial charge on any atom is 0.337 e. The molecule has 1 aromatic carbocycles. The van der Waals surface area contributed by atoms with Crippen molar-refractivity contribution in [1.82, 2.24) is 0 Å². The Balaban J connectivity index is 2.01. The van der Waals surface area contributed by atoms with Crippen LogP contribution in [-0.2, 0) is 4.79 Å². The quantitative estimate of drug-likeness (QED) is 0.790. The first-order valence-corrected chi connectivity index (χ1v) is 6.39. The summed E-state index contributed by atoms with van der Waals surface area (Å²) in [6, 6.07) is 4.30. The molecule has 0 aliphatic heterocycles. The van der Waals surface area contributed by atoms with Crippen molar-refractivity contribution in [2.45, 2.75) is 31.2 Å². The number of anilines is 1. The number of benzene rings is 1. The molecule has 1 aromatic rings. The normalized spacial score (nSPS) is 16.5. The zero-order chi connectivity index (χ0) is 14.0. The molecule has 0 unspecified atom stereocenters. The van der Waals surface area contributed by atoms with E-state index >= 15 is 0 Å².